The van der Waals surface area contributed by atoms with Gasteiger partial charge in [0.1, 0.15) is 0 Å². The molecule has 0 aromatic heterocycles. The number of hydrogen-bond donors (Lipinski definition) is 0. The van der Waals surface area contributed by atoms with Gasteiger partial charge >= 0.3 is 0 Å². The van der Waals surface area contributed by atoms with E-state index in [0.717, 1.165) is 22.7 Å². The quantitative estimate of drug-likeness (QED) is 0.165. The fraction of sp³-hybridized carbons (Fsp3) is 0.0625. The molecule has 2 aliphatic carbocycles. The van der Waals surface area contributed by atoms with E-state index in [0.29, 0.717) is 0 Å². The Kier molecular flexibility index (Phi) is 8.51. The van der Waals surface area contributed by atoms with Gasteiger partial charge in [0.2, 0.25) is 0 Å². The molecule has 0 unspecified atom stereocenters. The van der Waals surface area contributed by atoms with E-state index in [4.69, 9.17) is 0 Å². The Morgan fingerprint density at radius 1 is 0.303 bits per heavy atom. The van der Waals surface area contributed by atoms with Crippen LogP contribution in [0.3, 0.4) is 0 Å². The largest absolute Gasteiger partial charge is 0.310 e. The van der Waals surface area contributed by atoms with Crippen LogP contribution >= 0.6 is 0 Å². The Morgan fingerprint density at radius 3 is 1.32 bits per heavy atom. The number of anilines is 6. The summed E-state index contributed by atoms with van der Waals surface area (Å²) in [4.78, 5) is 4.96. The lowest BCUT2D eigenvalue weighted by Gasteiger charge is -2.45. The molecule has 0 radical (unpaired) electrons. The van der Waals surface area contributed by atoms with Gasteiger partial charge in [0, 0.05) is 28.2 Å². The van der Waals surface area contributed by atoms with Crippen LogP contribution in [0.1, 0.15) is 47.2 Å². The van der Waals surface area contributed by atoms with Gasteiger partial charge in [-0.2, -0.15) is 0 Å². The molecule has 3 aliphatic rings. The number of para-hydroxylation sites is 3. The molecule has 1 aliphatic heterocycles. The van der Waals surface area contributed by atoms with Crippen molar-refractivity contribution < 1.29 is 0 Å². The van der Waals surface area contributed by atoms with Gasteiger partial charge in [-0.1, -0.05) is 196 Å². The molecule has 1 spiro atoms. The van der Waals surface area contributed by atoms with Gasteiger partial charge in [0.15, 0.2) is 0 Å². The van der Waals surface area contributed by atoms with Crippen LogP contribution in [0.2, 0.25) is 0 Å². The van der Waals surface area contributed by atoms with E-state index in [1.165, 1.54) is 89.3 Å². The van der Waals surface area contributed by atoms with E-state index in [1.807, 2.05) is 0 Å². The van der Waals surface area contributed by atoms with Crippen LogP contribution in [-0.4, -0.2) is 0 Å². The van der Waals surface area contributed by atoms with E-state index < -0.39 is 5.41 Å². The molecular weight excluding hydrogens is 797 g/mol. The number of benzene rings is 10. The van der Waals surface area contributed by atoms with Crippen molar-refractivity contribution in [2.24, 2.45) is 0 Å². The summed E-state index contributed by atoms with van der Waals surface area (Å²) in [7, 11) is 0. The van der Waals surface area contributed by atoms with Crippen molar-refractivity contribution >= 4 is 34.1 Å². The van der Waals surface area contributed by atoms with Crippen molar-refractivity contribution in [2.75, 3.05) is 9.80 Å². The molecule has 10 aromatic rings. The van der Waals surface area contributed by atoms with Crippen molar-refractivity contribution in [2.45, 2.75) is 24.7 Å². The first-order valence-electron chi connectivity index (χ1n) is 23.1. The van der Waals surface area contributed by atoms with E-state index >= 15 is 0 Å². The van der Waals surface area contributed by atoms with Crippen LogP contribution in [0.5, 0.6) is 0 Å². The Morgan fingerprint density at radius 2 is 0.712 bits per heavy atom. The minimum Gasteiger partial charge on any atom is -0.310 e. The van der Waals surface area contributed by atoms with Gasteiger partial charge in [-0.05, 0) is 139 Å². The Bertz CT molecular complexity index is 3470. The molecule has 0 amide bonds. The second-order valence-electron chi connectivity index (χ2n) is 18.4. The third-order valence-electron chi connectivity index (χ3n) is 14.7. The molecule has 312 valence electrons. The summed E-state index contributed by atoms with van der Waals surface area (Å²) < 4.78 is 0. The minimum absolute atomic E-state index is 0.163. The van der Waals surface area contributed by atoms with Gasteiger partial charge in [-0.25, -0.2) is 0 Å². The maximum atomic E-state index is 2.52. The lowest BCUT2D eigenvalue weighted by molar-refractivity contribution is 0.660. The predicted molar refractivity (Wildman–Crippen MR) is 275 cm³/mol. The number of rotatable bonds is 6. The van der Waals surface area contributed by atoms with E-state index in [-0.39, 0.29) is 5.41 Å². The average Bonchev–Trinajstić information content (AvgIpc) is 3.79. The highest BCUT2D eigenvalue weighted by Crippen LogP contribution is 2.64. The van der Waals surface area contributed by atoms with E-state index in [1.54, 1.807) is 0 Å². The molecule has 2 heteroatoms. The third kappa shape index (κ3) is 5.48. The zero-order valence-electron chi connectivity index (χ0n) is 37.0. The Labute approximate surface area is 387 Å². The fourth-order valence-electron chi connectivity index (χ4n) is 11.8. The fourth-order valence-corrected chi connectivity index (χ4v) is 11.8. The molecule has 0 atom stereocenters. The highest BCUT2D eigenvalue weighted by molar-refractivity contribution is 5.98. The first-order chi connectivity index (χ1) is 32.5. The molecule has 1 heterocycles. The van der Waals surface area contributed by atoms with Crippen molar-refractivity contribution in [1.29, 1.82) is 0 Å². The van der Waals surface area contributed by atoms with Gasteiger partial charge in [-0.15, -0.1) is 0 Å². The lowest BCUT2D eigenvalue weighted by Crippen LogP contribution is -2.36. The molecule has 66 heavy (non-hydrogen) atoms. The zero-order valence-corrected chi connectivity index (χ0v) is 37.0. The van der Waals surface area contributed by atoms with Crippen molar-refractivity contribution in [3.63, 3.8) is 0 Å². The molecule has 0 fully saturated rings. The van der Waals surface area contributed by atoms with Crippen molar-refractivity contribution in [3.05, 3.63) is 276 Å². The first kappa shape index (κ1) is 38.3. The van der Waals surface area contributed by atoms with Gasteiger partial charge < -0.3 is 9.80 Å². The maximum absolute atomic E-state index is 2.52. The van der Waals surface area contributed by atoms with Gasteiger partial charge in [-0.3, -0.25) is 0 Å². The molecule has 0 N–H and O–H groups in total. The summed E-state index contributed by atoms with van der Waals surface area (Å²) in [6.45, 7) is 4.75. The minimum atomic E-state index is -0.583. The Balaban J connectivity index is 1.08. The normalized spacial score (nSPS) is 14.1. The number of hydrogen-bond acceptors (Lipinski definition) is 2. The average molecular weight is 843 g/mol. The Hall–Kier alpha value is -8.20. The van der Waals surface area contributed by atoms with Crippen LogP contribution in [0, 0.1) is 0 Å². The second-order valence-corrected chi connectivity index (χ2v) is 18.4. The second kappa shape index (κ2) is 14.7. The van der Waals surface area contributed by atoms with Crippen molar-refractivity contribution in [1.82, 2.24) is 0 Å². The summed E-state index contributed by atoms with van der Waals surface area (Å²) in [5.74, 6) is 0. The molecular formula is C64H46N2. The standard InChI is InChI=1S/C64H46N2/c1-63(2)55-28-14-12-26-50(55)52-38-35-47(41-59(52)63)65(46-34-37-49(43-20-6-3-7-21-43)54(40-46)44-22-8-4-9-23-44)48-36-39-53-51-27-13-15-29-56(51)64(60(53)42-48)57-30-16-18-32-61(57)66(45-24-10-5-11-25-45)62-33-19-17-31-58(62)64/h3-42H,1-2H3. The third-order valence-corrected chi connectivity index (χ3v) is 14.7. The first-order valence-corrected chi connectivity index (χ1v) is 23.1. The highest BCUT2D eigenvalue weighted by Gasteiger charge is 2.52. The van der Waals surface area contributed by atoms with Crippen LogP contribution in [0.15, 0.2) is 243 Å². The van der Waals surface area contributed by atoms with Crippen LogP contribution in [-0.2, 0) is 10.8 Å². The molecule has 0 saturated carbocycles. The SMILES string of the molecule is CC1(C)c2ccccc2-c2ccc(N(c3ccc(-c4ccccc4)c(-c4ccccc4)c3)c3ccc4c(c3)C3(c5ccccc5-4)c4ccccc4N(c4ccccc4)c4ccccc43)cc21. The van der Waals surface area contributed by atoms with Crippen LogP contribution < -0.4 is 9.80 Å². The monoisotopic (exact) mass is 842 g/mol. The van der Waals surface area contributed by atoms with Crippen LogP contribution in [0.4, 0.5) is 34.1 Å². The predicted octanol–water partition coefficient (Wildman–Crippen LogP) is 16.9. The smallest absolute Gasteiger partial charge is 0.0755 e. The zero-order chi connectivity index (χ0) is 44.0. The number of fused-ring (bicyclic) bond motifs is 12. The van der Waals surface area contributed by atoms with E-state index in [2.05, 4.69) is 266 Å². The van der Waals surface area contributed by atoms with Gasteiger partial charge in [0.25, 0.3) is 0 Å². The number of nitrogens with zero attached hydrogens (tertiary/aromatic N) is 2. The molecule has 2 nitrogen and oxygen atoms in total. The lowest BCUT2D eigenvalue weighted by atomic mass is 9.64. The molecule has 13 rings (SSSR count). The maximum Gasteiger partial charge on any atom is 0.0755 e. The molecule has 0 saturated heterocycles. The summed E-state index contributed by atoms with van der Waals surface area (Å²) in [5, 5.41) is 0. The van der Waals surface area contributed by atoms with E-state index in [9.17, 15) is 0 Å². The topological polar surface area (TPSA) is 6.48 Å². The summed E-state index contributed by atoms with van der Waals surface area (Å²) in [6.07, 6.45) is 0. The molecule has 0 bridgehead atoms. The highest BCUT2D eigenvalue weighted by atomic mass is 15.2. The summed E-state index contributed by atoms with van der Waals surface area (Å²) >= 11 is 0. The van der Waals surface area contributed by atoms with Crippen LogP contribution in [0.25, 0.3) is 44.5 Å². The summed E-state index contributed by atoms with van der Waals surface area (Å²) in [6, 6.07) is 90.2. The summed E-state index contributed by atoms with van der Waals surface area (Å²) in [5.41, 5.74) is 24.0. The van der Waals surface area contributed by atoms with Gasteiger partial charge in [0.05, 0.1) is 16.8 Å². The van der Waals surface area contributed by atoms with Crippen molar-refractivity contribution in [3.8, 4) is 44.5 Å². The molecule has 10 aromatic carbocycles.